The fourth-order valence-electron chi connectivity index (χ4n) is 7.92. The van der Waals surface area contributed by atoms with Crippen LogP contribution in [-0.2, 0) is 28.6 Å². The van der Waals surface area contributed by atoms with Crippen LogP contribution in [0.4, 0.5) is 0 Å². The second kappa shape index (κ2) is 63.6. The normalized spacial score (nSPS) is 13.2. The molecule has 0 rings (SSSR count). The van der Waals surface area contributed by atoms with E-state index >= 15 is 0 Å². The molecule has 6 nitrogen and oxygen atoms in total. The summed E-state index contributed by atoms with van der Waals surface area (Å²) in [7, 11) is 0. The van der Waals surface area contributed by atoms with Gasteiger partial charge in [-0.1, -0.05) is 249 Å². The fourth-order valence-corrected chi connectivity index (χ4v) is 7.92. The second-order valence-corrected chi connectivity index (χ2v) is 19.8. The van der Waals surface area contributed by atoms with Crippen molar-refractivity contribution in [3.05, 3.63) is 158 Å². The lowest BCUT2D eigenvalue weighted by molar-refractivity contribution is -0.167. The first-order valence-corrected chi connectivity index (χ1v) is 31.0. The van der Waals surface area contributed by atoms with E-state index in [0.29, 0.717) is 19.3 Å². The van der Waals surface area contributed by atoms with Crippen molar-refractivity contribution in [2.75, 3.05) is 13.2 Å². The number of ether oxygens (including phenoxy) is 3. The lowest BCUT2D eigenvalue weighted by atomic mass is 10.1. The average molecular weight is 1060 g/mol. The molecule has 0 aliphatic heterocycles. The molecule has 0 saturated heterocycles. The smallest absolute Gasteiger partial charge is 0.306 e. The van der Waals surface area contributed by atoms with E-state index in [0.717, 1.165) is 193 Å². The van der Waals surface area contributed by atoms with Crippen LogP contribution in [0.15, 0.2) is 158 Å². The zero-order valence-electron chi connectivity index (χ0n) is 49.4. The van der Waals surface area contributed by atoms with E-state index in [9.17, 15) is 14.4 Å². The summed E-state index contributed by atoms with van der Waals surface area (Å²) < 4.78 is 16.9. The summed E-state index contributed by atoms with van der Waals surface area (Å²) in [4.78, 5) is 38.3. The zero-order valence-corrected chi connectivity index (χ0v) is 49.4. The van der Waals surface area contributed by atoms with Crippen molar-refractivity contribution < 1.29 is 28.6 Å². The van der Waals surface area contributed by atoms with Crippen LogP contribution in [-0.4, -0.2) is 37.2 Å². The molecule has 0 fully saturated rings. The van der Waals surface area contributed by atoms with Gasteiger partial charge in [-0.2, -0.15) is 0 Å². The Labute approximate surface area is 473 Å². The maximum atomic E-state index is 12.9. The SMILES string of the molecule is CC/C=C\C/C=C\C/C=C\C/C=C\C/C=C\C/C=C\C/C=C\CCCCCCCC(=O)OCC(COC(=O)CCCCCCC/C=C\C/C=C\CCC)OC(=O)CCCCCCCC/C=C\C/C=C\C/C=C\C/C=C\CC. The third-order valence-electron chi connectivity index (χ3n) is 12.5. The molecule has 0 amide bonds. The summed E-state index contributed by atoms with van der Waals surface area (Å²) >= 11 is 0. The number of unbranched alkanes of at least 4 members (excludes halogenated alkanes) is 17. The van der Waals surface area contributed by atoms with E-state index in [1.165, 1.54) is 19.3 Å². The van der Waals surface area contributed by atoms with Gasteiger partial charge in [0.25, 0.3) is 0 Å². The van der Waals surface area contributed by atoms with Crippen molar-refractivity contribution in [2.24, 2.45) is 0 Å². The van der Waals surface area contributed by atoms with Gasteiger partial charge in [-0.3, -0.25) is 14.4 Å². The number of hydrogen-bond donors (Lipinski definition) is 0. The Bertz CT molecular complexity index is 1740. The molecule has 432 valence electrons. The molecule has 0 aromatic heterocycles. The number of carbonyl (C=O) groups is 3. The van der Waals surface area contributed by atoms with Gasteiger partial charge in [0, 0.05) is 19.3 Å². The highest BCUT2D eigenvalue weighted by Crippen LogP contribution is 2.14. The van der Waals surface area contributed by atoms with Crippen LogP contribution in [0.25, 0.3) is 0 Å². The Morgan fingerprint density at radius 2 is 0.506 bits per heavy atom. The average Bonchev–Trinajstić information content (AvgIpc) is 3.43. The van der Waals surface area contributed by atoms with Crippen LogP contribution >= 0.6 is 0 Å². The molecule has 0 radical (unpaired) electrons. The van der Waals surface area contributed by atoms with E-state index in [-0.39, 0.29) is 31.1 Å². The van der Waals surface area contributed by atoms with Crippen molar-refractivity contribution in [3.8, 4) is 0 Å². The molecular formula is C71H112O6. The first kappa shape index (κ1) is 72.0. The summed E-state index contributed by atoms with van der Waals surface area (Å²) in [5.41, 5.74) is 0. The molecule has 0 bridgehead atoms. The third-order valence-corrected chi connectivity index (χ3v) is 12.5. The van der Waals surface area contributed by atoms with Crippen molar-refractivity contribution >= 4 is 17.9 Å². The van der Waals surface area contributed by atoms with Crippen LogP contribution in [0.2, 0.25) is 0 Å². The molecule has 6 heteroatoms. The molecule has 0 aromatic rings. The number of esters is 3. The molecule has 0 spiro atoms. The van der Waals surface area contributed by atoms with Gasteiger partial charge in [-0.05, 0) is 141 Å². The predicted octanol–water partition coefficient (Wildman–Crippen LogP) is 21.3. The Balaban J connectivity index is 4.44. The van der Waals surface area contributed by atoms with Crippen LogP contribution in [0, 0.1) is 0 Å². The van der Waals surface area contributed by atoms with Crippen molar-refractivity contribution in [1.82, 2.24) is 0 Å². The fraction of sp³-hybridized carbons (Fsp3) is 0.592. The Kier molecular flexibility index (Phi) is 59.5. The monoisotopic (exact) mass is 1060 g/mol. The first-order chi connectivity index (χ1) is 38.0. The first-order valence-electron chi connectivity index (χ1n) is 31.0. The van der Waals surface area contributed by atoms with Crippen molar-refractivity contribution in [2.45, 2.75) is 258 Å². The van der Waals surface area contributed by atoms with Crippen molar-refractivity contribution in [1.29, 1.82) is 0 Å². The molecule has 0 aliphatic rings. The second-order valence-electron chi connectivity index (χ2n) is 19.8. The maximum Gasteiger partial charge on any atom is 0.306 e. The number of carbonyl (C=O) groups excluding carboxylic acids is 3. The van der Waals surface area contributed by atoms with E-state index in [2.05, 4.69) is 179 Å². The Morgan fingerprint density at radius 1 is 0.273 bits per heavy atom. The Morgan fingerprint density at radius 3 is 0.792 bits per heavy atom. The highest BCUT2D eigenvalue weighted by Gasteiger charge is 2.19. The minimum atomic E-state index is -0.809. The number of allylic oxidation sites excluding steroid dienone is 26. The molecule has 0 saturated carbocycles. The largest absolute Gasteiger partial charge is 0.462 e. The summed E-state index contributed by atoms with van der Waals surface area (Å²) in [6.45, 7) is 6.30. The molecule has 1 atom stereocenters. The van der Waals surface area contributed by atoms with E-state index in [1.54, 1.807) is 0 Å². The summed E-state index contributed by atoms with van der Waals surface area (Å²) in [6, 6.07) is 0. The minimum absolute atomic E-state index is 0.104. The van der Waals surface area contributed by atoms with E-state index in [4.69, 9.17) is 14.2 Å². The molecule has 0 heterocycles. The van der Waals surface area contributed by atoms with Gasteiger partial charge in [0.2, 0.25) is 0 Å². The number of rotatable bonds is 54. The van der Waals surface area contributed by atoms with Crippen LogP contribution in [0.3, 0.4) is 0 Å². The summed E-state index contributed by atoms with van der Waals surface area (Å²) in [5, 5.41) is 0. The van der Waals surface area contributed by atoms with Gasteiger partial charge in [-0.25, -0.2) is 0 Å². The van der Waals surface area contributed by atoms with Crippen molar-refractivity contribution in [3.63, 3.8) is 0 Å². The summed E-state index contributed by atoms with van der Waals surface area (Å²) in [5.74, 6) is -0.956. The topological polar surface area (TPSA) is 78.9 Å². The van der Waals surface area contributed by atoms with Gasteiger partial charge >= 0.3 is 17.9 Å². The third kappa shape index (κ3) is 61.8. The molecule has 0 aliphatic carbocycles. The molecule has 0 N–H and O–H groups in total. The van der Waals surface area contributed by atoms with Gasteiger partial charge in [0.1, 0.15) is 13.2 Å². The highest BCUT2D eigenvalue weighted by molar-refractivity contribution is 5.71. The minimum Gasteiger partial charge on any atom is -0.462 e. The zero-order chi connectivity index (χ0) is 55.7. The number of hydrogen-bond acceptors (Lipinski definition) is 6. The van der Waals surface area contributed by atoms with Gasteiger partial charge in [0.05, 0.1) is 0 Å². The van der Waals surface area contributed by atoms with E-state index in [1.807, 2.05) is 0 Å². The van der Waals surface area contributed by atoms with Crippen LogP contribution in [0.1, 0.15) is 252 Å². The lowest BCUT2D eigenvalue weighted by Gasteiger charge is -2.18. The predicted molar refractivity (Wildman–Crippen MR) is 334 cm³/mol. The standard InChI is InChI=1S/C71H112O6/c1-4-7-10-13-16-19-22-25-27-29-31-32-33-34-35-36-37-38-40-41-43-46-49-52-55-58-61-64-70(73)76-67-68(66-75-69(72)63-60-57-54-51-48-45-24-21-18-15-12-9-6-3)77-71(74)65-62-59-56-53-50-47-44-42-39-30-28-26-23-20-17-14-11-8-5-2/h7-8,10-12,15-17,19-21,24-28,31-32,34-35,37-39,41-43,68H,4-6,9,13-14,18,22-23,29-30,33,36,40,44-67H2,1-3H3/b10-7-,11-8-,15-12-,19-16-,20-17-,24-21-,27-25-,28-26-,32-31-,35-34-,38-37-,42-39-,43-41-. The highest BCUT2D eigenvalue weighted by atomic mass is 16.6. The molecular weight excluding hydrogens is 949 g/mol. The lowest BCUT2D eigenvalue weighted by Crippen LogP contribution is -2.30. The summed E-state index contributed by atoms with van der Waals surface area (Å²) in [6.07, 6.45) is 92.4. The van der Waals surface area contributed by atoms with Crippen LogP contribution < -0.4 is 0 Å². The molecule has 77 heavy (non-hydrogen) atoms. The van der Waals surface area contributed by atoms with Gasteiger partial charge < -0.3 is 14.2 Å². The Hall–Kier alpha value is -4.97. The molecule has 1 unspecified atom stereocenters. The van der Waals surface area contributed by atoms with Crippen LogP contribution in [0.5, 0.6) is 0 Å². The van der Waals surface area contributed by atoms with E-state index < -0.39 is 6.10 Å². The molecule has 0 aromatic carbocycles. The quantitative estimate of drug-likeness (QED) is 0.0261. The van der Waals surface area contributed by atoms with Gasteiger partial charge in [0.15, 0.2) is 6.10 Å². The maximum absolute atomic E-state index is 12.9. The van der Waals surface area contributed by atoms with Gasteiger partial charge in [-0.15, -0.1) is 0 Å².